The molecule has 0 aliphatic rings. The third-order valence-corrected chi connectivity index (χ3v) is 2.65. The van der Waals surface area contributed by atoms with Crippen LogP contribution < -0.4 is 4.89 Å². The Kier molecular flexibility index (Phi) is 4.76. The van der Waals surface area contributed by atoms with E-state index in [4.69, 9.17) is 17.7 Å². The number of rotatable bonds is 5. The summed E-state index contributed by atoms with van der Waals surface area (Å²) >= 11 is 0. The first kappa shape index (κ1) is 14.4. The number of terminal acetylenes is 2. The Morgan fingerprint density at radius 3 is 2.38 bits per heavy atom. The van der Waals surface area contributed by atoms with Crippen molar-refractivity contribution >= 4 is 0 Å². The summed E-state index contributed by atoms with van der Waals surface area (Å²) in [4.78, 5) is 17.3. The molecule has 2 rings (SSSR count). The molecule has 5 nitrogen and oxygen atoms in total. The third kappa shape index (κ3) is 3.97. The summed E-state index contributed by atoms with van der Waals surface area (Å²) in [6.07, 6.45) is 14.4. The monoisotopic (exact) mass is 280 g/mol. The van der Waals surface area contributed by atoms with Crippen LogP contribution in [0.2, 0.25) is 0 Å². The predicted molar refractivity (Wildman–Crippen MR) is 76.6 cm³/mol. The van der Waals surface area contributed by atoms with E-state index in [9.17, 15) is 5.11 Å². The van der Waals surface area contributed by atoms with Crippen molar-refractivity contribution in [2.24, 2.45) is 0 Å². The summed E-state index contributed by atoms with van der Waals surface area (Å²) in [5.41, 5.74) is 1.77. The molecule has 2 aromatic rings. The van der Waals surface area contributed by atoms with Gasteiger partial charge < -0.3 is 5.11 Å². The van der Waals surface area contributed by atoms with Crippen LogP contribution in [0.15, 0.2) is 36.7 Å². The van der Waals surface area contributed by atoms with Gasteiger partial charge in [-0.25, -0.2) is 14.9 Å². The van der Waals surface area contributed by atoms with Crippen LogP contribution in [0, 0.1) is 24.9 Å². The lowest BCUT2D eigenvalue weighted by molar-refractivity contribution is -0.134. The molecule has 104 valence electrons. The number of hydrogen-bond donors (Lipinski definition) is 1. The second-order valence-corrected chi connectivity index (χ2v) is 4.11. The number of benzene rings is 1. The van der Waals surface area contributed by atoms with Crippen molar-refractivity contribution in [3.63, 3.8) is 0 Å². The molecule has 0 saturated carbocycles. The van der Waals surface area contributed by atoms with E-state index < -0.39 is 6.10 Å². The fourth-order valence-electron chi connectivity index (χ4n) is 1.65. The molecular weight excluding hydrogens is 268 g/mol. The third-order valence-electron chi connectivity index (χ3n) is 2.65. The van der Waals surface area contributed by atoms with E-state index in [0.717, 1.165) is 11.1 Å². The van der Waals surface area contributed by atoms with E-state index in [1.807, 2.05) is 30.4 Å². The molecule has 1 N–H and O–H groups in total. The summed E-state index contributed by atoms with van der Waals surface area (Å²) in [5, 5.41) is 9.40. The average molecular weight is 280 g/mol. The van der Waals surface area contributed by atoms with Crippen molar-refractivity contribution in [2.75, 3.05) is 0 Å². The van der Waals surface area contributed by atoms with Gasteiger partial charge in [-0.15, -0.1) is 6.42 Å². The van der Waals surface area contributed by atoms with Crippen LogP contribution in [0.1, 0.15) is 5.56 Å². The molecule has 0 saturated heterocycles. The number of aromatic nitrogens is 2. The van der Waals surface area contributed by atoms with Crippen LogP contribution in [0.5, 0.6) is 5.75 Å². The summed E-state index contributed by atoms with van der Waals surface area (Å²) in [7, 11) is 0. The minimum atomic E-state index is -0.778. The number of nitrogens with zero attached hydrogens (tertiary/aromatic N) is 2. The van der Waals surface area contributed by atoms with Crippen molar-refractivity contribution in [3.05, 3.63) is 42.2 Å². The highest BCUT2D eigenvalue weighted by Crippen LogP contribution is 2.18. The van der Waals surface area contributed by atoms with Gasteiger partial charge in [0.1, 0.15) is 6.10 Å². The smallest absolute Gasteiger partial charge is 0.216 e. The lowest BCUT2D eigenvalue weighted by atomic mass is 10.1. The first-order valence-corrected chi connectivity index (χ1v) is 6.07. The maximum Gasteiger partial charge on any atom is 0.216 e. The van der Waals surface area contributed by atoms with Crippen LogP contribution >= 0.6 is 0 Å². The Morgan fingerprint density at radius 1 is 1.14 bits per heavy atom. The van der Waals surface area contributed by atoms with Gasteiger partial charge in [-0.2, -0.15) is 0 Å². The van der Waals surface area contributed by atoms with Crippen LogP contribution in [0.3, 0.4) is 0 Å². The van der Waals surface area contributed by atoms with Crippen molar-refractivity contribution in [3.8, 4) is 42.0 Å². The topological polar surface area (TPSA) is 64.5 Å². The van der Waals surface area contributed by atoms with Gasteiger partial charge in [-0.3, -0.25) is 4.89 Å². The lowest BCUT2D eigenvalue weighted by Gasteiger charge is -2.05. The Morgan fingerprint density at radius 2 is 1.81 bits per heavy atom. The van der Waals surface area contributed by atoms with Gasteiger partial charge in [0, 0.05) is 12.0 Å². The van der Waals surface area contributed by atoms with Crippen LogP contribution in [-0.2, 0) is 11.3 Å². The summed E-state index contributed by atoms with van der Waals surface area (Å²) in [6, 6.07) is 7.44. The molecule has 21 heavy (non-hydrogen) atoms. The normalized spacial score (nSPS) is 11.0. The maximum absolute atomic E-state index is 9.40. The molecule has 5 heteroatoms. The molecule has 0 radical (unpaired) electrons. The van der Waals surface area contributed by atoms with E-state index in [2.05, 4.69) is 20.8 Å². The first-order chi connectivity index (χ1) is 10.2. The van der Waals surface area contributed by atoms with E-state index in [0.29, 0.717) is 18.0 Å². The second-order valence-electron chi connectivity index (χ2n) is 4.11. The standard InChI is InChI=1S/C16H12N2O3/c1-3-14(19)9-12-5-7-13(8-6-12)16-17-10-15(11-18-16)21-20-4-2/h1-2,5-8,10-11,14,19H,9H2. The summed E-state index contributed by atoms with van der Waals surface area (Å²) in [5.74, 6) is 3.12. The van der Waals surface area contributed by atoms with E-state index in [1.165, 1.54) is 12.4 Å². The fourth-order valence-corrected chi connectivity index (χ4v) is 1.65. The Labute approximate surface area is 122 Å². The zero-order chi connectivity index (χ0) is 15.1. The molecule has 0 fully saturated rings. The van der Waals surface area contributed by atoms with Gasteiger partial charge in [0.15, 0.2) is 11.9 Å². The van der Waals surface area contributed by atoms with Crippen LogP contribution in [0.25, 0.3) is 11.4 Å². The van der Waals surface area contributed by atoms with Crippen molar-refractivity contribution in [2.45, 2.75) is 12.5 Å². The van der Waals surface area contributed by atoms with Crippen LogP contribution in [0.4, 0.5) is 0 Å². The van der Waals surface area contributed by atoms with E-state index in [-0.39, 0.29) is 0 Å². The van der Waals surface area contributed by atoms with Crippen molar-refractivity contribution in [1.29, 1.82) is 0 Å². The molecule has 0 aliphatic carbocycles. The quantitative estimate of drug-likeness (QED) is 0.512. The van der Waals surface area contributed by atoms with Crippen molar-refractivity contribution in [1.82, 2.24) is 9.97 Å². The first-order valence-electron chi connectivity index (χ1n) is 6.07. The highest BCUT2D eigenvalue weighted by atomic mass is 17.2. The molecule has 0 spiro atoms. The van der Waals surface area contributed by atoms with E-state index >= 15 is 0 Å². The molecule has 1 heterocycles. The lowest BCUT2D eigenvalue weighted by Crippen LogP contribution is -2.06. The molecule has 1 atom stereocenters. The summed E-state index contributed by atoms with van der Waals surface area (Å²) < 4.78 is 0. The van der Waals surface area contributed by atoms with E-state index in [1.54, 1.807) is 0 Å². The Bertz CT molecular complexity index is 667. The highest BCUT2D eigenvalue weighted by Gasteiger charge is 2.05. The molecule has 1 aromatic heterocycles. The zero-order valence-corrected chi connectivity index (χ0v) is 11.1. The van der Waals surface area contributed by atoms with Gasteiger partial charge in [0.25, 0.3) is 0 Å². The maximum atomic E-state index is 9.40. The van der Waals surface area contributed by atoms with Gasteiger partial charge in [-0.1, -0.05) is 36.6 Å². The minimum absolute atomic E-state index is 0.311. The predicted octanol–water partition coefficient (Wildman–Crippen LogP) is 1.58. The zero-order valence-electron chi connectivity index (χ0n) is 11.1. The van der Waals surface area contributed by atoms with Gasteiger partial charge in [0.05, 0.1) is 12.4 Å². The van der Waals surface area contributed by atoms with Gasteiger partial charge >= 0.3 is 0 Å². The Balaban J connectivity index is 2.08. The van der Waals surface area contributed by atoms with Crippen LogP contribution in [-0.4, -0.2) is 21.2 Å². The second kappa shape index (κ2) is 6.95. The molecule has 0 aliphatic heterocycles. The Hall–Kier alpha value is -3.02. The number of aliphatic hydroxyl groups excluding tert-OH is 1. The average Bonchev–Trinajstić information content (AvgIpc) is 2.54. The fraction of sp³-hybridized carbons (Fsp3) is 0.125. The highest BCUT2D eigenvalue weighted by molar-refractivity contribution is 5.55. The molecule has 1 unspecified atom stereocenters. The largest absolute Gasteiger partial charge is 0.380 e. The number of hydrogen-bond acceptors (Lipinski definition) is 5. The van der Waals surface area contributed by atoms with Gasteiger partial charge in [-0.05, 0) is 5.56 Å². The number of aliphatic hydroxyl groups is 1. The molecule has 0 bridgehead atoms. The van der Waals surface area contributed by atoms with Gasteiger partial charge in [0.2, 0.25) is 5.75 Å². The molecule has 1 aromatic carbocycles. The SMILES string of the molecule is C#COOc1cnc(-c2ccc(CC(O)C#C)cc2)nc1. The van der Waals surface area contributed by atoms with Crippen molar-refractivity contribution < 1.29 is 14.9 Å². The minimum Gasteiger partial charge on any atom is -0.380 e. The molecular formula is C16H12N2O3. The summed E-state index contributed by atoms with van der Waals surface area (Å²) in [6.45, 7) is 0. The molecule has 0 amide bonds.